The predicted octanol–water partition coefficient (Wildman–Crippen LogP) is 3.72. The van der Waals surface area contributed by atoms with Gasteiger partial charge in [0.05, 0.1) is 23.7 Å². The van der Waals surface area contributed by atoms with Crippen LogP contribution in [0.2, 0.25) is 10.0 Å². The van der Waals surface area contributed by atoms with Crippen molar-refractivity contribution in [2.24, 2.45) is 0 Å². The fourth-order valence-electron chi connectivity index (χ4n) is 4.41. The topological polar surface area (TPSA) is 70.4 Å². The van der Waals surface area contributed by atoms with Crippen LogP contribution in [0.1, 0.15) is 38.5 Å². The smallest absolute Gasteiger partial charge is 0.292 e. The molecule has 1 saturated carbocycles. The lowest BCUT2D eigenvalue weighted by molar-refractivity contribution is 0.00993. The first kappa shape index (κ1) is 20.7. The van der Waals surface area contributed by atoms with Crippen LogP contribution in [0, 0.1) is 0 Å². The molecule has 156 valence electrons. The third kappa shape index (κ3) is 4.61. The Labute approximate surface area is 180 Å². The van der Waals surface area contributed by atoms with Crippen molar-refractivity contribution in [3.63, 3.8) is 0 Å². The van der Waals surface area contributed by atoms with Crippen molar-refractivity contribution < 1.29 is 5.11 Å². The molecule has 2 N–H and O–H groups in total. The Morgan fingerprint density at radius 3 is 2.41 bits per heavy atom. The van der Waals surface area contributed by atoms with E-state index in [1.54, 1.807) is 30.5 Å². The third-order valence-corrected chi connectivity index (χ3v) is 6.66. The highest BCUT2D eigenvalue weighted by Gasteiger charge is 2.31. The number of nitrogens with one attached hydrogen (secondary N) is 1. The third-order valence-electron chi connectivity index (χ3n) is 6.04. The highest BCUT2D eigenvalue weighted by Crippen LogP contribution is 2.27. The molecule has 2 fully saturated rings. The molecule has 29 heavy (non-hydrogen) atoms. The number of nitrogens with zero attached hydrogens (tertiary/aromatic N) is 3. The van der Waals surface area contributed by atoms with Gasteiger partial charge in [0, 0.05) is 30.2 Å². The molecule has 1 aliphatic heterocycles. The summed E-state index contributed by atoms with van der Waals surface area (Å²) in [6.45, 7) is 1.87. The molecule has 6 nitrogen and oxygen atoms in total. The van der Waals surface area contributed by atoms with E-state index >= 15 is 0 Å². The summed E-state index contributed by atoms with van der Waals surface area (Å²) < 4.78 is 1.27. The molecule has 1 aliphatic carbocycles. The minimum absolute atomic E-state index is 0.139. The second-order valence-corrected chi connectivity index (χ2v) is 8.75. The van der Waals surface area contributed by atoms with Gasteiger partial charge in [0.15, 0.2) is 0 Å². The van der Waals surface area contributed by atoms with E-state index in [0.717, 1.165) is 45.2 Å². The minimum atomic E-state index is -0.359. The molecule has 1 saturated heterocycles. The Bertz CT molecular complexity index is 895. The van der Waals surface area contributed by atoms with Crippen LogP contribution in [0.25, 0.3) is 5.69 Å². The van der Waals surface area contributed by atoms with Crippen LogP contribution < -0.4 is 10.9 Å². The summed E-state index contributed by atoms with van der Waals surface area (Å²) in [7, 11) is 0. The zero-order chi connectivity index (χ0) is 20.4. The van der Waals surface area contributed by atoms with Gasteiger partial charge < -0.3 is 10.4 Å². The van der Waals surface area contributed by atoms with E-state index in [0.29, 0.717) is 22.4 Å². The predicted molar refractivity (Wildman–Crippen MR) is 116 cm³/mol. The largest absolute Gasteiger partial charge is 0.391 e. The van der Waals surface area contributed by atoms with E-state index in [2.05, 4.69) is 15.3 Å². The fourth-order valence-corrected chi connectivity index (χ4v) is 4.72. The molecule has 4 rings (SSSR count). The number of rotatable bonds is 4. The van der Waals surface area contributed by atoms with Gasteiger partial charge in [-0.05, 0) is 49.9 Å². The maximum absolute atomic E-state index is 12.7. The molecule has 2 aliphatic rings. The lowest BCUT2D eigenvalue weighted by Crippen LogP contribution is -2.50. The number of benzene rings is 1. The van der Waals surface area contributed by atoms with Crippen molar-refractivity contribution in [2.45, 2.75) is 56.7 Å². The Morgan fingerprint density at radius 2 is 1.72 bits per heavy atom. The van der Waals surface area contributed by atoms with Crippen LogP contribution in [0.5, 0.6) is 0 Å². The van der Waals surface area contributed by atoms with Gasteiger partial charge >= 0.3 is 0 Å². The van der Waals surface area contributed by atoms with Gasteiger partial charge in [-0.25, -0.2) is 0 Å². The van der Waals surface area contributed by atoms with Crippen molar-refractivity contribution in [2.75, 3.05) is 18.4 Å². The van der Waals surface area contributed by atoms with E-state index < -0.39 is 0 Å². The van der Waals surface area contributed by atoms with Crippen molar-refractivity contribution in [3.8, 4) is 5.69 Å². The van der Waals surface area contributed by atoms with Gasteiger partial charge in [-0.3, -0.25) is 9.69 Å². The second kappa shape index (κ2) is 9.04. The molecule has 2 atom stereocenters. The van der Waals surface area contributed by atoms with Gasteiger partial charge in [0.25, 0.3) is 5.56 Å². The number of likely N-dealkylation sites (tertiary alicyclic amines) is 1. The summed E-state index contributed by atoms with van der Waals surface area (Å²) in [6.07, 6.45) is 7.61. The summed E-state index contributed by atoms with van der Waals surface area (Å²) in [5.41, 5.74) is 0.826. The van der Waals surface area contributed by atoms with Crippen molar-refractivity contribution in [1.82, 2.24) is 14.7 Å². The summed E-state index contributed by atoms with van der Waals surface area (Å²) in [4.78, 5) is 15.1. The van der Waals surface area contributed by atoms with Crippen LogP contribution in [-0.4, -0.2) is 51.1 Å². The quantitative estimate of drug-likeness (QED) is 0.763. The van der Waals surface area contributed by atoms with Crippen LogP contribution in [-0.2, 0) is 0 Å². The van der Waals surface area contributed by atoms with Crippen molar-refractivity contribution >= 4 is 28.9 Å². The lowest BCUT2D eigenvalue weighted by Gasteiger charge is -2.41. The number of halogens is 2. The van der Waals surface area contributed by atoms with Crippen molar-refractivity contribution in [3.05, 3.63) is 50.9 Å². The highest BCUT2D eigenvalue weighted by atomic mass is 35.5. The first-order valence-electron chi connectivity index (χ1n) is 10.3. The minimum Gasteiger partial charge on any atom is -0.391 e. The van der Waals surface area contributed by atoms with E-state index in [4.69, 9.17) is 23.2 Å². The van der Waals surface area contributed by atoms with Crippen LogP contribution in [0.15, 0.2) is 35.3 Å². The van der Waals surface area contributed by atoms with E-state index in [-0.39, 0.29) is 22.7 Å². The Morgan fingerprint density at radius 1 is 1.03 bits per heavy atom. The van der Waals surface area contributed by atoms with Crippen molar-refractivity contribution in [1.29, 1.82) is 0 Å². The number of hydrogen-bond donors (Lipinski definition) is 2. The van der Waals surface area contributed by atoms with Gasteiger partial charge in [0.2, 0.25) is 0 Å². The van der Waals surface area contributed by atoms with Gasteiger partial charge in [-0.2, -0.15) is 9.78 Å². The van der Waals surface area contributed by atoms with E-state index in [1.807, 2.05) is 0 Å². The average molecular weight is 437 g/mol. The number of anilines is 1. The maximum atomic E-state index is 12.7. The standard InChI is InChI=1S/C21H26Cl2N4O2/c22-14-5-7-16(8-6-14)27-21(29)20(23)17(13-24-27)25-15-9-11-26(12-10-15)18-3-1-2-4-19(18)28/h5-8,13,15,18-19,25,28H,1-4,9-12H2. The molecule has 1 aromatic carbocycles. The lowest BCUT2D eigenvalue weighted by atomic mass is 9.89. The van der Waals surface area contributed by atoms with Crippen LogP contribution in [0.3, 0.4) is 0 Å². The molecule has 2 heterocycles. The monoisotopic (exact) mass is 436 g/mol. The summed E-state index contributed by atoms with van der Waals surface area (Å²) in [6, 6.07) is 7.41. The Kier molecular flexibility index (Phi) is 6.44. The summed E-state index contributed by atoms with van der Waals surface area (Å²) >= 11 is 12.3. The van der Waals surface area contributed by atoms with Crippen LogP contribution >= 0.6 is 23.2 Å². The molecule has 0 radical (unpaired) electrons. The normalized spacial score (nSPS) is 23.8. The fraction of sp³-hybridized carbons (Fsp3) is 0.524. The zero-order valence-corrected chi connectivity index (χ0v) is 17.7. The Balaban J connectivity index is 1.41. The van der Waals surface area contributed by atoms with Gasteiger partial charge in [-0.1, -0.05) is 36.0 Å². The first-order chi connectivity index (χ1) is 14.0. The number of aliphatic hydroxyl groups excluding tert-OH is 1. The number of aromatic nitrogens is 2. The molecule has 0 amide bonds. The number of hydrogen-bond acceptors (Lipinski definition) is 5. The zero-order valence-electron chi connectivity index (χ0n) is 16.2. The molecule has 8 heteroatoms. The molecule has 2 aromatic rings. The van der Waals surface area contributed by atoms with E-state index in [1.165, 1.54) is 11.1 Å². The molecular formula is C21H26Cl2N4O2. The summed E-state index contributed by atoms with van der Waals surface area (Å²) in [5.74, 6) is 0. The first-order valence-corrected chi connectivity index (χ1v) is 11.0. The molecule has 0 spiro atoms. The van der Waals surface area contributed by atoms with E-state index in [9.17, 15) is 9.90 Å². The average Bonchev–Trinajstić information content (AvgIpc) is 2.73. The molecular weight excluding hydrogens is 411 g/mol. The van der Waals surface area contributed by atoms with Gasteiger partial charge in [-0.15, -0.1) is 0 Å². The van der Waals surface area contributed by atoms with Crippen LogP contribution in [0.4, 0.5) is 5.69 Å². The number of piperidine rings is 1. The molecule has 2 unspecified atom stereocenters. The maximum Gasteiger partial charge on any atom is 0.292 e. The number of aliphatic hydroxyl groups is 1. The molecule has 1 aromatic heterocycles. The SMILES string of the molecule is O=c1c(Cl)c(NC2CCN(C3CCCCC3O)CC2)cnn1-c1ccc(Cl)cc1. The highest BCUT2D eigenvalue weighted by molar-refractivity contribution is 6.33. The summed E-state index contributed by atoms with van der Waals surface area (Å²) in [5, 5.41) is 18.7. The molecule has 0 bridgehead atoms. The Hall–Kier alpha value is -1.60. The second-order valence-electron chi connectivity index (χ2n) is 7.94. The van der Waals surface area contributed by atoms with Gasteiger partial charge in [0.1, 0.15) is 5.02 Å².